The summed E-state index contributed by atoms with van der Waals surface area (Å²) in [6.45, 7) is 2.19. The van der Waals surface area contributed by atoms with Crippen LogP contribution in [0.3, 0.4) is 0 Å². The number of nitrogens with zero attached hydrogens (tertiary/aromatic N) is 1. The summed E-state index contributed by atoms with van der Waals surface area (Å²) in [4.78, 5) is 6.08. The lowest BCUT2D eigenvalue weighted by Gasteiger charge is -2.12. The Morgan fingerprint density at radius 3 is 2.70 bits per heavy atom. The third kappa shape index (κ3) is 6.49. The minimum atomic E-state index is 0.590. The topological polar surface area (TPSA) is 58.8 Å². The van der Waals surface area contributed by atoms with Gasteiger partial charge in [0.25, 0.3) is 0 Å². The van der Waals surface area contributed by atoms with Crippen LogP contribution in [0.1, 0.15) is 16.2 Å². The molecule has 3 rings (SSSR count). The van der Waals surface area contributed by atoms with Gasteiger partial charge in [-0.25, -0.2) is 4.99 Å². The third-order valence-corrected chi connectivity index (χ3v) is 4.98. The Hall–Kier alpha value is -2.73. The smallest absolute Gasteiger partial charge is 0.191 e. The van der Waals surface area contributed by atoms with Crippen molar-refractivity contribution in [2.45, 2.75) is 19.4 Å². The van der Waals surface area contributed by atoms with E-state index in [0.717, 1.165) is 49.0 Å². The maximum absolute atomic E-state index is 5.39. The van der Waals surface area contributed by atoms with Gasteiger partial charge in [0.05, 0.1) is 19.9 Å². The summed E-state index contributed by atoms with van der Waals surface area (Å²) in [6.07, 6.45) is 3.50. The fraction of sp³-hybridized carbons (Fsp3) is 0.286. The standard InChI is InChI=1S/C21H25N3O2S/c1-25-19-6-2-5-17(15-19)16-24-21(22-11-9-18-7-3-13-26-18)23-12-10-20-8-4-14-27-20/h2-8,13-15H,9-12,16H2,1H3,(H2,22,23,24). The summed E-state index contributed by atoms with van der Waals surface area (Å²) < 4.78 is 10.7. The molecule has 6 heteroatoms. The van der Waals surface area contributed by atoms with Crippen LogP contribution in [0.2, 0.25) is 0 Å². The molecule has 1 aromatic carbocycles. The summed E-state index contributed by atoms with van der Waals surface area (Å²) in [7, 11) is 1.68. The van der Waals surface area contributed by atoms with Gasteiger partial charge >= 0.3 is 0 Å². The summed E-state index contributed by atoms with van der Waals surface area (Å²) in [5, 5.41) is 8.91. The largest absolute Gasteiger partial charge is 0.497 e. The summed E-state index contributed by atoms with van der Waals surface area (Å²) in [5.74, 6) is 2.62. The molecule has 0 amide bonds. The van der Waals surface area contributed by atoms with E-state index in [2.05, 4.69) is 34.2 Å². The first-order valence-corrected chi connectivity index (χ1v) is 9.91. The Bertz CT molecular complexity index is 772. The van der Waals surface area contributed by atoms with Gasteiger partial charge in [0, 0.05) is 24.4 Å². The quantitative estimate of drug-likeness (QED) is 0.435. The van der Waals surface area contributed by atoms with Crippen LogP contribution < -0.4 is 15.4 Å². The van der Waals surface area contributed by atoms with Crippen molar-refractivity contribution in [3.8, 4) is 5.75 Å². The highest BCUT2D eigenvalue weighted by atomic mass is 32.1. The molecule has 2 aromatic heterocycles. The normalized spacial score (nSPS) is 11.4. The highest BCUT2D eigenvalue weighted by molar-refractivity contribution is 7.09. The molecule has 0 saturated carbocycles. The van der Waals surface area contributed by atoms with E-state index in [-0.39, 0.29) is 0 Å². The second-order valence-corrected chi connectivity index (χ2v) is 7.06. The second kappa shape index (κ2) is 10.4. The van der Waals surface area contributed by atoms with Gasteiger partial charge in [-0.3, -0.25) is 0 Å². The SMILES string of the molecule is COc1cccc(CN=C(NCCc2ccco2)NCCc2cccs2)c1. The minimum absolute atomic E-state index is 0.590. The monoisotopic (exact) mass is 383 g/mol. The first-order valence-electron chi connectivity index (χ1n) is 9.03. The van der Waals surface area contributed by atoms with Gasteiger partial charge in [-0.1, -0.05) is 18.2 Å². The van der Waals surface area contributed by atoms with Crippen molar-refractivity contribution in [1.82, 2.24) is 10.6 Å². The molecule has 0 radical (unpaired) electrons. The number of aliphatic imine (C=N–C) groups is 1. The van der Waals surface area contributed by atoms with Crippen molar-refractivity contribution in [2.24, 2.45) is 4.99 Å². The molecule has 0 spiro atoms. The highest BCUT2D eigenvalue weighted by Crippen LogP contribution is 2.13. The summed E-state index contributed by atoms with van der Waals surface area (Å²) in [6, 6.07) is 16.1. The first-order chi connectivity index (χ1) is 13.3. The molecule has 0 unspecified atom stereocenters. The molecule has 27 heavy (non-hydrogen) atoms. The number of hydrogen-bond donors (Lipinski definition) is 2. The Morgan fingerprint density at radius 2 is 1.96 bits per heavy atom. The van der Waals surface area contributed by atoms with E-state index in [1.54, 1.807) is 24.7 Å². The number of nitrogens with one attached hydrogen (secondary N) is 2. The fourth-order valence-electron chi connectivity index (χ4n) is 2.63. The molecule has 0 aliphatic heterocycles. The molecule has 2 N–H and O–H groups in total. The van der Waals surface area contributed by atoms with Gasteiger partial charge in [0.1, 0.15) is 11.5 Å². The molecule has 5 nitrogen and oxygen atoms in total. The van der Waals surface area contributed by atoms with Crippen molar-refractivity contribution in [1.29, 1.82) is 0 Å². The Balaban J connectivity index is 1.56. The van der Waals surface area contributed by atoms with E-state index >= 15 is 0 Å². The number of hydrogen-bond acceptors (Lipinski definition) is 4. The van der Waals surface area contributed by atoms with Crippen molar-refractivity contribution >= 4 is 17.3 Å². The van der Waals surface area contributed by atoms with Gasteiger partial charge in [0.2, 0.25) is 0 Å². The Morgan fingerprint density at radius 1 is 1.07 bits per heavy atom. The van der Waals surface area contributed by atoms with E-state index < -0.39 is 0 Å². The van der Waals surface area contributed by atoms with Gasteiger partial charge in [-0.2, -0.15) is 0 Å². The van der Waals surface area contributed by atoms with Crippen LogP contribution in [-0.4, -0.2) is 26.2 Å². The molecule has 0 atom stereocenters. The number of rotatable bonds is 9. The zero-order chi connectivity index (χ0) is 18.7. The van der Waals surface area contributed by atoms with Gasteiger partial charge < -0.3 is 19.8 Å². The molecule has 3 aromatic rings. The van der Waals surface area contributed by atoms with Crippen LogP contribution in [0.4, 0.5) is 0 Å². The number of thiophene rings is 1. The van der Waals surface area contributed by atoms with Gasteiger partial charge in [-0.05, 0) is 47.7 Å². The average molecular weight is 384 g/mol. The third-order valence-electron chi connectivity index (χ3n) is 4.04. The van der Waals surface area contributed by atoms with Gasteiger partial charge in [0.15, 0.2) is 5.96 Å². The van der Waals surface area contributed by atoms with Crippen molar-refractivity contribution in [2.75, 3.05) is 20.2 Å². The zero-order valence-corrected chi connectivity index (χ0v) is 16.3. The number of guanidine groups is 1. The molecule has 2 heterocycles. The highest BCUT2D eigenvalue weighted by Gasteiger charge is 2.02. The first kappa shape index (κ1) is 19.0. The van der Waals surface area contributed by atoms with E-state index in [0.29, 0.717) is 6.54 Å². The van der Waals surface area contributed by atoms with Crippen LogP contribution in [0.15, 0.2) is 69.6 Å². The average Bonchev–Trinajstić information content (AvgIpc) is 3.40. The maximum Gasteiger partial charge on any atom is 0.191 e. The van der Waals surface area contributed by atoms with Crippen LogP contribution in [0, 0.1) is 0 Å². The number of methoxy groups -OCH3 is 1. The second-order valence-electron chi connectivity index (χ2n) is 6.03. The maximum atomic E-state index is 5.39. The van der Waals surface area contributed by atoms with Crippen LogP contribution in [-0.2, 0) is 19.4 Å². The van der Waals surface area contributed by atoms with Crippen LogP contribution in [0.5, 0.6) is 5.75 Å². The molecular weight excluding hydrogens is 358 g/mol. The molecule has 0 fully saturated rings. The predicted molar refractivity (Wildman–Crippen MR) is 111 cm³/mol. The van der Waals surface area contributed by atoms with E-state index in [4.69, 9.17) is 14.1 Å². The fourth-order valence-corrected chi connectivity index (χ4v) is 3.34. The molecule has 0 bridgehead atoms. The van der Waals surface area contributed by atoms with Crippen molar-refractivity contribution in [3.05, 3.63) is 76.4 Å². The van der Waals surface area contributed by atoms with Crippen LogP contribution in [0.25, 0.3) is 0 Å². The van der Waals surface area contributed by atoms with Crippen molar-refractivity contribution < 1.29 is 9.15 Å². The molecule has 0 saturated heterocycles. The lowest BCUT2D eigenvalue weighted by atomic mass is 10.2. The summed E-state index contributed by atoms with van der Waals surface area (Å²) >= 11 is 1.78. The van der Waals surface area contributed by atoms with Gasteiger partial charge in [-0.15, -0.1) is 11.3 Å². The van der Waals surface area contributed by atoms with Crippen LogP contribution >= 0.6 is 11.3 Å². The number of ether oxygens (including phenoxy) is 1. The Kier molecular flexibility index (Phi) is 7.35. The van der Waals surface area contributed by atoms with E-state index in [9.17, 15) is 0 Å². The molecule has 0 aliphatic rings. The minimum Gasteiger partial charge on any atom is -0.497 e. The lowest BCUT2D eigenvalue weighted by Crippen LogP contribution is -2.39. The Labute approximate surface area is 164 Å². The number of furan rings is 1. The summed E-state index contributed by atoms with van der Waals surface area (Å²) in [5.41, 5.74) is 1.11. The predicted octanol–water partition coefficient (Wildman–Crippen LogP) is 3.87. The van der Waals surface area contributed by atoms with Crippen molar-refractivity contribution in [3.63, 3.8) is 0 Å². The molecule has 142 valence electrons. The van der Waals surface area contributed by atoms with E-state index in [1.807, 2.05) is 30.3 Å². The molecular formula is C21H25N3O2S. The zero-order valence-electron chi connectivity index (χ0n) is 15.5. The lowest BCUT2D eigenvalue weighted by molar-refractivity contribution is 0.414. The number of benzene rings is 1. The van der Waals surface area contributed by atoms with E-state index in [1.165, 1.54) is 4.88 Å². The molecule has 0 aliphatic carbocycles.